The van der Waals surface area contributed by atoms with Gasteiger partial charge in [-0.15, -0.1) is 16.4 Å². The van der Waals surface area contributed by atoms with Crippen LogP contribution in [0.15, 0.2) is 53.9 Å². The van der Waals surface area contributed by atoms with Crippen LogP contribution in [0.4, 0.5) is 5.95 Å². The number of hydrogen-bond donors (Lipinski definition) is 1. The van der Waals surface area contributed by atoms with Crippen LogP contribution in [0.5, 0.6) is 0 Å². The van der Waals surface area contributed by atoms with Gasteiger partial charge in [0.25, 0.3) is 17.8 Å². The average Bonchev–Trinajstić information content (AvgIpc) is 3.41. The van der Waals surface area contributed by atoms with Gasteiger partial charge < -0.3 is 0 Å². The molecule has 4 aromatic rings. The minimum absolute atomic E-state index is 0.119. The highest BCUT2D eigenvalue weighted by atomic mass is 32.1. The largest absolute Gasteiger partial charge is 0.291 e. The Labute approximate surface area is 181 Å². The number of nitrogens with zero attached hydrogens (tertiary/aromatic N) is 4. The molecule has 0 bridgehead atoms. The van der Waals surface area contributed by atoms with E-state index in [9.17, 15) is 14.4 Å². The van der Waals surface area contributed by atoms with Gasteiger partial charge in [-0.3, -0.25) is 24.6 Å². The lowest BCUT2D eigenvalue weighted by Crippen LogP contribution is -2.45. The SMILES string of the molecule is Cc1ccc(-c2csc3nc(NC(=O)C(C)N4C(=O)c5ccccc5C4=O)nn23)cc1. The molecule has 0 fully saturated rings. The summed E-state index contributed by atoms with van der Waals surface area (Å²) in [5, 5.41) is 8.97. The summed E-state index contributed by atoms with van der Waals surface area (Å²) < 4.78 is 1.66. The molecule has 3 heterocycles. The number of hydrogen-bond acceptors (Lipinski definition) is 6. The van der Waals surface area contributed by atoms with Gasteiger partial charge in [0.05, 0.1) is 16.8 Å². The number of benzene rings is 2. The first-order valence-electron chi connectivity index (χ1n) is 9.63. The lowest BCUT2D eigenvalue weighted by atomic mass is 10.1. The molecule has 5 rings (SSSR count). The van der Waals surface area contributed by atoms with E-state index in [1.165, 1.54) is 18.3 Å². The molecule has 3 amide bonds. The second kappa shape index (κ2) is 7.13. The summed E-state index contributed by atoms with van der Waals surface area (Å²) in [7, 11) is 0. The van der Waals surface area contributed by atoms with Crippen molar-refractivity contribution in [2.24, 2.45) is 0 Å². The van der Waals surface area contributed by atoms with Crippen LogP contribution in [0.2, 0.25) is 0 Å². The number of rotatable bonds is 4. The molecular weight excluding hydrogens is 414 g/mol. The molecule has 0 radical (unpaired) electrons. The second-order valence-corrected chi connectivity index (χ2v) is 8.14. The fraction of sp³-hybridized carbons (Fsp3) is 0.136. The van der Waals surface area contributed by atoms with E-state index in [0.29, 0.717) is 16.1 Å². The van der Waals surface area contributed by atoms with E-state index in [0.717, 1.165) is 21.7 Å². The van der Waals surface area contributed by atoms with Crippen LogP contribution >= 0.6 is 11.3 Å². The molecule has 1 aliphatic rings. The molecule has 0 saturated carbocycles. The fourth-order valence-corrected chi connectivity index (χ4v) is 4.38. The topological polar surface area (TPSA) is 96.7 Å². The molecule has 1 aliphatic heterocycles. The lowest BCUT2D eigenvalue weighted by molar-refractivity contribution is -0.119. The van der Waals surface area contributed by atoms with Gasteiger partial charge in [0, 0.05) is 10.9 Å². The summed E-state index contributed by atoms with van der Waals surface area (Å²) in [6.45, 7) is 3.53. The monoisotopic (exact) mass is 431 g/mol. The van der Waals surface area contributed by atoms with E-state index < -0.39 is 23.8 Å². The van der Waals surface area contributed by atoms with Crippen molar-refractivity contribution in [2.45, 2.75) is 19.9 Å². The maximum atomic E-state index is 12.8. The summed E-state index contributed by atoms with van der Waals surface area (Å²) >= 11 is 1.41. The Bertz CT molecular complexity index is 1320. The smallest absolute Gasteiger partial charge is 0.262 e. The van der Waals surface area contributed by atoms with E-state index >= 15 is 0 Å². The summed E-state index contributed by atoms with van der Waals surface area (Å²) in [6.07, 6.45) is 0. The number of carbonyl (C=O) groups is 3. The van der Waals surface area contributed by atoms with Crippen LogP contribution in [-0.4, -0.2) is 43.3 Å². The lowest BCUT2D eigenvalue weighted by Gasteiger charge is -2.20. The van der Waals surface area contributed by atoms with Crippen LogP contribution in [0.1, 0.15) is 33.2 Å². The number of anilines is 1. The van der Waals surface area contributed by atoms with Gasteiger partial charge in [-0.2, -0.15) is 4.98 Å². The highest BCUT2D eigenvalue weighted by molar-refractivity contribution is 7.15. The first kappa shape index (κ1) is 19.1. The van der Waals surface area contributed by atoms with Crippen LogP contribution in [-0.2, 0) is 4.79 Å². The van der Waals surface area contributed by atoms with Gasteiger partial charge in [-0.05, 0) is 26.0 Å². The van der Waals surface area contributed by atoms with Crippen molar-refractivity contribution in [1.82, 2.24) is 19.5 Å². The highest BCUT2D eigenvalue weighted by Gasteiger charge is 2.40. The summed E-state index contributed by atoms with van der Waals surface area (Å²) in [5.74, 6) is -1.38. The molecule has 9 heteroatoms. The normalized spacial score (nSPS) is 14.2. The predicted molar refractivity (Wildman–Crippen MR) is 116 cm³/mol. The Hall–Kier alpha value is -3.85. The Morgan fingerprint density at radius 3 is 2.32 bits per heavy atom. The van der Waals surface area contributed by atoms with Gasteiger partial charge >= 0.3 is 0 Å². The van der Waals surface area contributed by atoms with Crippen molar-refractivity contribution in [3.63, 3.8) is 0 Å². The van der Waals surface area contributed by atoms with Gasteiger partial charge in [-0.1, -0.05) is 42.0 Å². The average molecular weight is 431 g/mol. The fourth-order valence-electron chi connectivity index (χ4n) is 3.55. The van der Waals surface area contributed by atoms with E-state index in [1.807, 2.05) is 36.6 Å². The van der Waals surface area contributed by atoms with Crippen molar-refractivity contribution in [3.05, 3.63) is 70.6 Å². The number of nitrogens with one attached hydrogen (secondary N) is 1. The summed E-state index contributed by atoms with van der Waals surface area (Å²) in [5.41, 5.74) is 3.61. The first-order valence-corrected chi connectivity index (χ1v) is 10.5. The zero-order valence-electron chi connectivity index (χ0n) is 16.7. The minimum atomic E-state index is -1.01. The quantitative estimate of drug-likeness (QED) is 0.500. The Morgan fingerprint density at radius 1 is 1.03 bits per heavy atom. The third kappa shape index (κ3) is 3.10. The molecule has 2 aromatic carbocycles. The molecule has 154 valence electrons. The van der Waals surface area contributed by atoms with Crippen molar-refractivity contribution in [1.29, 1.82) is 0 Å². The number of imide groups is 1. The van der Waals surface area contributed by atoms with Gasteiger partial charge in [0.1, 0.15) is 6.04 Å². The summed E-state index contributed by atoms with van der Waals surface area (Å²) in [4.78, 5) is 44.0. The molecule has 1 unspecified atom stereocenters. The standard InChI is InChI=1S/C22H17N5O3S/c1-12-7-9-14(10-8-12)17-11-31-22-24-21(25-27(17)22)23-18(28)13(2)26-19(29)15-5-3-4-6-16(15)20(26)30/h3-11,13H,1-2H3,(H,23,25,28). The maximum Gasteiger partial charge on any atom is 0.262 e. The predicted octanol–water partition coefficient (Wildman–Crippen LogP) is 3.39. The Morgan fingerprint density at radius 2 is 1.68 bits per heavy atom. The third-order valence-electron chi connectivity index (χ3n) is 5.26. The number of thiazole rings is 1. The van der Waals surface area contributed by atoms with E-state index in [4.69, 9.17) is 0 Å². The number of carbonyl (C=O) groups excluding carboxylic acids is 3. The van der Waals surface area contributed by atoms with Crippen molar-refractivity contribution in [3.8, 4) is 11.3 Å². The van der Waals surface area contributed by atoms with E-state index in [-0.39, 0.29) is 5.95 Å². The van der Waals surface area contributed by atoms with Crippen LogP contribution in [0.3, 0.4) is 0 Å². The van der Waals surface area contributed by atoms with Crippen molar-refractivity contribution >= 4 is 40.0 Å². The third-order valence-corrected chi connectivity index (χ3v) is 6.07. The number of amides is 3. The maximum absolute atomic E-state index is 12.8. The van der Waals surface area contributed by atoms with E-state index in [2.05, 4.69) is 15.4 Å². The Balaban J connectivity index is 1.38. The number of aromatic nitrogens is 3. The van der Waals surface area contributed by atoms with Crippen LogP contribution in [0.25, 0.3) is 16.2 Å². The van der Waals surface area contributed by atoms with Crippen molar-refractivity contribution < 1.29 is 14.4 Å². The molecular formula is C22H17N5O3S. The van der Waals surface area contributed by atoms with Gasteiger partial charge in [0.15, 0.2) is 0 Å². The molecule has 0 saturated heterocycles. The molecule has 0 aliphatic carbocycles. The molecule has 8 nitrogen and oxygen atoms in total. The van der Waals surface area contributed by atoms with Crippen LogP contribution < -0.4 is 5.32 Å². The van der Waals surface area contributed by atoms with Gasteiger partial charge in [-0.25, -0.2) is 4.52 Å². The zero-order chi connectivity index (χ0) is 21.7. The molecule has 0 spiro atoms. The second-order valence-electron chi connectivity index (χ2n) is 7.31. The van der Waals surface area contributed by atoms with Crippen molar-refractivity contribution in [2.75, 3.05) is 5.32 Å². The molecule has 2 aromatic heterocycles. The highest BCUT2D eigenvalue weighted by Crippen LogP contribution is 2.27. The molecule has 31 heavy (non-hydrogen) atoms. The zero-order valence-corrected chi connectivity index (χ0v) is 17.5. The molecule has 1 N–H and O–H groups in total. The summed E-state index contributed by atoms with van der Waals surface area (Å²) in [6, 6.07) is 13.6. The van der Waals surface area contributed by atoms with Gasteiger partial charge in [0.2, 0.25) is 10.9 Å². The Kier molecular flexibility index (Phi) is 4.40. The first-order chi connectivity index (χ1) is 14.9. The number of fused-ring (bicyclic) bond motifs is 2. The van der Waals surface area contributed by atoms with Crippen LogP contribution in [0, 0.1) is 6.92 Å². The van der Waals surface area contributed by atoms with E-state index in [1.54, 1.807) is 28.8 Å². The number of aryl methyl sites for hydroxylation is 1. The molecule has 1 atom stereocenters. The minimum Gasteiger partial charge on any atom is -0.291 e.